The zero-order valence-electron chi connectivity index (χ0n) is 19.3. The van der Waals surface area contributed by atoms with Crippen molar-refractivity contribution in [3.05, 3.63) is 50.7 Å². The second-order valence-electron chi connectivity index (χ2n) is 8.60. The standard InChI is InChI=1S/C24H27N7O2S/c1-3-4-12-30-20-21(27-23(30)29-11-7-9-17(25)14-29)28(2)24(33)31(22(20)32)15-19-26-13-16-8-5-6-10-18(16)34-19/h5-6,8,10,17H,7,9,11-15,25H2,1-2H3. The van der Waals surface area contributed by atoms with E-state index in [9.17, 15) is 9.59 Å². The molecular formula is C24H27N7O2S. The molecule has 34 heavy (non-hydrogen) atoms. The first-order valence-corrected chi connectivity index (χ1v) is 12.2. The fraction of sp³-hybridized carbons (Fsp3) is 0.417. The van der Waals surface area contributed by atoms with Crippen molar-refractivity contribution in [1.82, 2.24) is 18.7 Å². The number of aromatic nitrogens is 4. The van der Waals surface area contributed by atoms with Crippen LogP contribution in [0, 0.1) is 11.8 Å². The molecule has 2 aliphatic rings. The number of nitrogens with zero attached hydrogens (tertiary/aromatic N) is 6. The average molecular weight is 478 g/mol. The van der Waals surface area contributed by atoms with Crippen LogP contribution in [0.3, 0.4) is 0 Å². The number of nitrogens with two attached hydrogens (primary N) is 1. The van der Waals surface area contributed by atoms with E-state index in [0.717, 1.165) is 34.9 Å². The molecule has 1 unspecified atom stereocenters. The summed E-state index contributed by atoms with van der Waals surface area (Å²) >= 11 is 1.50. The molecule has 0 aliphatic carbocycles. The minimum atomic E-state index is -0.409. The third-order valence-electron chi connectivity index (χ3n) is 6.29. The Morgan fingerprint density at radius 2 is 2.06 bits per heavy atom. The van der Waals surface area contributed by atoms with E-state index in [-0.39, 0.29) is 18.1 Å². The highest BCUT2D eigenvalue weighted by molar-refractivity contribution is 8.14. The van der Waals surface area contributed by atoms with E-state index >= 15 is 0 Å². The first-order chi connectivity index (χ1) is 16.5. The van der Waals surface area contributed by atoms with Gasteiger partial charge in [0.15, 0.2) is 11.2 Å². The maximum absolute atomic E-state index is 13.7. The fourth-order valence-electron chi connectivity index (χ4n) is 4.52. The number of aliphatic imine (C=N–C) groups is 1. The van der Waals surface area contributed by atoms with Gasteiger partial charge in [0.2, 0.25) is 5.95 Å². The van der Waals surface area contributed by atoms with Gasteiger partial charge in [-0.1, -0.05) is 35.9 Å². The van der Waals surface area contributed by atoms with Gasteiger partial charge in [-0.3, -0.25) is 23.5 Å². The first kappa shape index (κ1) is 22.5. The van der Waals surface area contributed by atoms with Crippen molar-refractivity contribution in [2.24, 2.45) is 17.8 Å². The Labute approximate surface area is 201 Å². The molecule has 1 fully saturated rings. The van der Waals surface area contributed by atoms with Crippen molar-refractivity contribution in [1.29, 1.82) is 0 Å². The summed E-state index contributed by atoms with van der Waals surface area (Å²) in [6, 6.07) is 8.09. The Bertz CT molecular complexity index is 1470. The third kappa shape index (κ3) is 3.95. The summed E-state index contributed by atoms with van der Waals surface area (Å²) in [6.07, 6.45) is 1.91. The Balaban J connectivity index is 1.61. The summed E-state index contributed by atoms with van der Waals surface area (Å²) in [7, 11) is 1.65. The Morgan fingerprint density at radius 3 is 2.85 bits per heavy atom. The summed E-state index contributed by atoms with van der Waals surface area (Å²) in [4.78, 5) is 39.5. The van der Waals surface area contributed by atoms with Crippen LogP contribution in [-0.4, -0.2) is 42.9 Å². The van der Waals surface area contributed by atoms with E-state index in [0.29, 0.717) is 36.7 Å². The number of fused-ring (bicyclic) bond motifs is 2. The van der Waals surface area contributed by atoms with Crippen LogP contribution in [0.4, 0.5) is 5.95 Å². The third-order valence-corrected chi connectivity index (χ3v) is 7.40. The quantitative estimate of drug-likeness (QED) is 0.572. The van der Waals surface area contributed by atoms with Crippen LogP contribution >= 0.6 is 11.8 Å². The minimum absolute atomic E-state index is 0.0453. The largest absolute Gasteiger partial charge is 0.341 e. The van der Waals surface area contributed by atoms with E-state index in [4.69, 9.17) is 10.7 Å². The smallest absolute Gasteiger partial charge is 0.332 e. The lowest BCUT2D eigenvalue weighted by Gasteiger charge is -2.31. The SMILES string of the molecule is CC#CCn1c(N2CCCC(N)C2)nc2c1c(=O)n(CC1=NCc3ccccc3S1)c(=O)n2C. The highest BCUT2D eigenvalue weighted by atomic mass is 32.2. The van der Waals surface area contributed by atoms with Crippen molar-refractivity contribution < 1.29 is 0 Å². The van der Waals surface area contributed by atoms with Gasteiger partial charge in [0.1, 0.15) is 0 Å². The zero-order valence-corrected chi connectivity index (χ0v) is 20.1. The Morgan fingerprint density at radius 1 is 1.24 bits per heavy atom. The number of anilines is 1. The number of benzene rings is 1. The normalized spacial score (nSPS) is 17.8. The lowest BCUT2D eigenvalue weighted by atomic mass is 10.1. The van der Waals surface area contributed by atoms with Gasteiger partial charge in [-0.2, -0.15) is 4.98 Å². The summed E-state index contributed by atoms with van der Waals surface area (Å²) < 4.78 is 4.53. The van der Waals surface area contributed by atoms with Crippen LogP contribution in [-0.2, 0) is 26.7 Å². The predicted molar refractivity (Wildman–Crippen MR) is 136 cm³/mol. The van der Waals surface area contributed by atoms with Crippen LogP contribution < -0.4 is 21.9 Å². The lowest BCUT2D eigenvalue weighted by molar-refractivity contribution is 0.496. The molecule has 1 aromatic carbocycles. The van der Waals surface area contributed by atoms with Crippen molar-refractivity contribution >= 4 is 33.9 Å². The van der Waals surface area contributed by atoms with Crippen LogP contribution in [0.2, 0.25) is 0 Å². The number of piperidine rings is 1. The van der Waals surface area contributed by atoms with Gasteiger partial charge in [0, 0.05) is 31.1 Å². The van der Waals surface area contributed by atoms with Gasteiger partial charge in [-0.05, 0) is 31.4 Å². The van der Waals surface area contributed by atoms with Gasteiger partial charge in [-0.25, -0.2) is 4.79 Å². The molecule has 0 spiro atoms. The van der Waals surface area contributed by atoms with E-state index in [1.807, 2.05) is 28.8 Å². The number of aryl methyl sites for hydroxylation is 1. The lowest BCUT2D eigenvalue weighted by Crippen LogP contribution is -2.44. The summed E-state index contributed by atoms with van der Waals surface area (Å²) in [5, 5.41) is 0.735. The number of hydrogen-bond acceptors (Lipinski definition) is 7. The van der Waals surface area contributed by atoms with Gasteiger partial charge in [0.05, 0.1) is 24.7 Å². The molecule has 10 heteroatoms. The van der Waals surface area contributed by atoms with E-state index < -0.39 is 5.69 Å². The second-order valence-corrected chi connectivity index (χ2v) is 9.71. The van der Waals surface area contributed by atoms with Crippen molar-refractivity contribution in [3.63, 3.8) is 0 Å². The fourth-order valence-corrected chi connectivity index (χ4v) is 5.51. The summed E-state index contributed by atoms with van der Waals surface area (Å²) in [6.45, 7) is 4.18. The number of thioether (sulfide) groups is 1. The van der Waals surface area contributed by atoms with Crippen molar-refractivity contribution in [2.45, 2.75) is 50.3 Å². The molecule has 0 bridgehead atoms. The van der Waals surface area contributed by atoms with E-state index in [1.165, 1.54) is 20.9 Å². The van der Waals surface area contributed by atoms with Gasteiger partial charge >= 0.3 is 5.69 Å². The van der Waals surface area contributed by atoms with Gasteiger partial charge in [0.25, 0.3) is 5.56 Å². The van der Waals surface area contributed by atoms with Crippen molar-refractivity contribution in [3.8, 4) is 11.8 Å². The minimum Gasteiger partial charge on any atom is -0.341 e. The molecule has 176 valence electrons. The molecule has 2 aliphatic heterocycles. The van der Waals surface area contributed by atoms with Crippen LogP contribution in [0.1, 0.15) is 25.3 Å². The molecule has 4 heterocycles. The van der Waals surface area contributed by atoms with Crippen LogP contribution in [0.15, 0.2) is 43.7 Å². The maximum Gasteiger partial charge on any atom is 0.332 e. The molecule has 0 radical (unpaired) electrons. The summed E-state index contributed by atoms with van der Waals surface area (Å²) in [5.41, 5.74) is 7.31. The van der Waals surface area contributed by atoms with E-state index in [2.05, 4.69) is 21.7 Å². The molecule has 2 N–H and O–H groups in total. The Hall–Kier alpha value is -3.29. The monoisotopic (exact) mass is 477 g/mol. The van der Waals surface area contributed by atoms with Gasteiger partial charge < -0.3 is 10.6 Å². The highest BCUT2D eigenvalue weighted by Gasteiger charge is 2.26. The number of imidazole rings is 1. The van der Waals surface area contributed by atoms with Crippen LogP contribution in [0.25, 0.3) is 11.2 Å². The number of rotatable bonds is 4. The highest BCUT2D eigenvalue weighted by Crippen LogP contribution is 2.29. The average Bonchev–Trinajstić information content (AvgIpc) is 3.23. The number of hydrogen-bond donors (Lipinski definition) is 1. The summed E-state index contributed by atoms with van der Waals surface area (Å²) in [5.74, 6) is 6.60. The van der Waals surface area contributed by atoms with E-state index in [1.54, 1.807) is 14.0 Å². The second kappa shape index (κ2) is 9.16. The molecular weight excluding hydrogens is 450 g/mol. The molecule has 1 atom stereocenters. The first-order valence-electron chi connectivity index (χ1n) is 11.4. The zero-order chi connectivity index (χ0) is 23.8. The molecule has 9 nitrogen and oxygen atoms in total. The van der Waals surface area contributed by atoms with Gasteiger partial charge in [-0.15, -0.1) is 5.92 Å². The molecule has 0 amide bonds. The maximum atomic E-state index is 13.7. The predicted octanol–water partition coefficient (Wildman–Crippen LogP) is 1.55. The molecule has 5 rings (SSSR count). The van der Waals surface area contributed by atoms with Crippen LogP contribution in [0.5, 0.6) is 0 Å². The Kier molecular flexibility index (Phi) is 6.06. The molecule has 2 aromatic heterocycles. The molecule has 0 saturated carbocycles. The topological polar surface area (TPSA) is 103 Å². The molecule has 1 saturated heterocycles. The molecule has 3 aromatic rings. The van der Waals surface area contributed by atoms with Crippen molar-refractivity contribution in [2.75, 3.05) is 18.0 Å².